The molecule has 9 heteroatoms. The summed E-state index contributed by atoms with van der Waals surface area (Å²) < 4.78 is 37.0. The highest BCUT2D eigenvalue weighted by molar-refractivity contribution is 5.78. The van der Waals surface area contributed by atoms with Crippen LogP contribution >= 0.6 is 0 Å². The number of halogens is 2. The smallest absolute Gasteiger partial charge is 0.260 e. The monoisotopic (exact) mass is 400 g/mol. The Morgan fingerprint density at radius 3 is 2.55 bits per heavy atom. The van der Waals surface area contributed by atoms with E-state index in [4.69, 9.17) is 9.15 Å². The molecule has 0 atom stereocenters. The van der Waals surface area contributed by atoms with Crippen LogP contribution in [0.3, 0.4) is 0 Å². The molecule has 1 amide bonds. The van der Waals surface area contributed by atoms with Gasteiger partial charge in [-0.3, -0.25) is 4.79 Å². The molecule has 1 aliphatic rings. The lowest BCUT2D eigenvalue weighted by Crippen LogP contribution is -2.50. The number of aromatic nitrogens is 2. The summed E-state index contributed by atoms with van der Waals surface area (Å²) in [4.78, 5) is 16.0. The number of anilines is 1. The van der Waals surface area contributed by atoms with Crippen molar-refractivity contribution in [1.29, 1.82) is 0 Å². The van der Waals surface area contributed by atoms with Crippen molar-refractivity contribution in [3.05, 3.63) is 60.4 Å². The SMILES string of the molecule is O=C(COc1ccc(F)cc1F)N1CCN(c2ccc(-c3ccco3)nn2)CC1. The number of hydrogen-bond acceptors (Lipinski definition) is 6. The fourth-order valence-corrected chi connectivity index (χ4v) is 3.06. The van der Waals surface area contributed by atoms with Crippen LogP contribution in [0.25, 0.3) is 11.5 Å². The van der Waals surface area contributed by atoms with Gasteiger partial charge in [0, 0.05) is 32.2 Å². The van der Waals surface area contributed by atoms with Crippen LogP contribution in [0.5, 0.6) is 5.75 Å². The maximum absolute atomic E-state index is 13.6. The summed E-state index contributed by atoms with van der Waals surface area (Å²) >= 11 is 0. The van der Waals surface area contributed by atoms with Crippen LogP contribution in [0.1, 0.15) is 0 Å². The van der Waals surface area contributed by atoms with Gasteiger partial charge in [-0.1, -0.05) is 0 Å². The van der Waals surface area contributed by atoms with Crippen molar-refractivity contribution in [3.63, 3.8) is 0 Å². The van der Waals surface area contributed by atoms with Crippen molar-refractivity contribution in [2.45, 2.75) is 0 Å². The molecule has 150 valence electrons. The van der Waals surface area contributed by atoms with E-state index in [1.165, 1.54) is 6.07 Å². The molecular formula is C20H18F2N4O3. The summed E-state index contributed by atoms with van der Waals surface area (Å²) in [6.45, 7) is 1.84. The fourth-order valence-electron chi connectivity index (χ4n) is 3.06. The molecule has 1 fully saturated rings. The number of carbonyl (C=O) groups is 1. The fraction of sp³-hybridized carbons (Fsp3) is 0.250. The van der Waals surface area contributed by atoms with Crippen molar-refractivity contribution in [1.82, 2.24) is 15.1 Å². The molecule has 0 aliphatic carbocycles. The third-order valence-corrected chi connectivity index (χ3v) is 4.63. The average Bonchev–Trinajstić information content (AvgIpc) is 3.28. The normalized spacial score (nSPS) is 14.1. The molecule has 4 rings (SSSR count). The number of carbonyl (C=O) groups excluding carboxylic acids is 1. The molecule has 0 unspecified atom stereocenters. The van der Waals surface area contributed by atoms with E-state index >= 15 is 0 Å². The molecule has 7 nitrogen and oxygen atoms in total. The molecule has 1 aromatic carbocycles. The second kappa shape index (κ2) is 8.26. The lowest BCUT2D eigenvalue weighted by molar-refractivity contribution is -0.133. The van der Waals surface area contributed by atoms with E-state index in [1.807, 2.05) is 23.1 Å². The Morgan fingerprint density at radius 2 is 1.90 bits per heavy atom. The van der Waals surface area contributed by atoms with Gasteiger partial charge in [0.2, 0.25) is 0 Å². The van der Waals surface area contributed by atoms with Gasteiger partial charge in [0.05, 0.1) is 6.26 Å². The lowest BCUT2D eigenvalue weighted by atomic mass is 10.2. The standard InChI is InChI=1S/C20H18F2N4O3/c21-14-3-5-17(15(22)12-14)29-13-20(27)26-9-7-25(8-10-26)19-6-4-16(23-24-19)18-2-1-11-28-18/h1-6,11-12H,7-10,13H2. The van der Waals surface area contributed by atoms with Gasteiger partial charge in [-0.25, -0.2) is 8.78 Å². The van der Waals surface area contributed by atoms with Gasteiger partial charge >= 0.3 is 0 Å². The summed E-state index contributed by atoms with van der Waals surface area (Å²) in [5.41, 5.74) is 0.651. The van der Waals surface area contributed by atoms with Gasteiger partial charge in [-0.05, 0) is 36.4 Å². The van der Waals surface area contributed by atoms with E-state index < -0.39 is 11.6 Å². The molecule has 0 bridgehead atoms. The summed E-state index contributed by atoms with van der Waals surface area (Å²) in [5, 5.41) is 8.42. The second-order valence-electron chi connectivity index (χ2n) is 6.49. The van der Waals surface area contributed by atoms with E-state index in [0.29, 0.717) is 37.6 Å². The Kier molecular flexibility index (Phi) is 5.37. The number of furan rings is 1. The minimum absolute atomic E-state index is 0.148. The molecule has 29 heavy (non-hydrogen) atoms. The van der Waals surface area contributed by atoms with Crippen molar-refractivity contribution in [2.75, 3.05) is 37.7 Å². The van der Waals surface area contributed by atoms with Crippen molar-refractivity contribution in [3.8, 4) is 17.2 Å². The van der Waals surface area contributed by atoms with E-state index in [1.54, 1.807) is 17.2 Å². The van der Waals surface area contributed by atoms with Crippen LogP contribution in [-0.4, -0.2) is 53.8 Å². The molecular weight excluding hydrogens is 382 g/mol. The molecule has 0 radical (unpaired) electrons. The molecule has 3 heterocycles. The van der Waals surface area contributed by atoms with Gasteiger partial charge in [-0.15, -0.1) is 10.2 Å². The molecule has 2 aromatic heterocycles. The first-order chi connectivity index (χ1) is 14.1. The Labute approximate surface area is 165 Å². The number of nitrogens with zero attached hydrogens (tertiary/aromatic N) is 4. The molecule has 1 saturated heterocycles. The zero-order chi connectivity index (χ0) is 20.2. The first kappa shape index (κ1) is 18.9. The van der Waals surface area contributed by atoms with Gasteiger partial charge < -0.3 is 19.0 Å². The quantitative estimate of drug-likeness (QED) is 0.656. The van der Waals surface area contributed by atoms with Gasteiger partial charge in [0.15, 0.2) is 29.8 Å². The maximum atomic E-state index is 13.6. The highest BCUT2D eigenvalue weighted by Gasteiger charge is 2.23. The van der Waals surface area contributed by atoms with Crippen molar-refractivity contribution in [2.24, 2.45) is 0 Å². The number of amides is 1. The van der Waals surface area contributed by atoms with Crippen LogP contribution in [0, 0.1) is 11.6 Å². The molecule has 1 aliphatic heterocycles. The number of ether oxygens (including phenoxy) is 1. The topological polar surface area (TPSA) is 71.7 Å². The summed E-state index contributed by atoms with van der Waals surface area (Å²) in [6, 6.07) is 10.3. The highest BCUT2D eigenvalue weighted by Crippen LogP contribution is 2.20. The summed E-state index contributed by atoms with van der Waals surface area (Å²) in [6.07, 6.45) is 1.58. The zero-order valence-corrected chi connectivity index (χ0v) is 15.4. The minimum Gasteiger partial charge on any atom is -0.481 e. The lowest BCUT2D eigenvalue weighted by Gasteiger charge is -2.35. The van der Waals surface area contributed by atoms with Crippen LogP contribution in [-0.2, 0) is 4.79 Å². The van der Waals surface area contributed by atoms with Gasteiger partial charge in [0.25, 0.3) is 5.91 Å². The van der Waals surface area contributed by atoms with Crippen LogP contribution < -0.4 is 9.64 Å². The Balaban J connectivity index is 1.29. The highest BCUT2D eigenvalue weighted by atomic mass is 19.1. The largest absolute Gasteiger partial charge is 0.481 e. The summed E-state index contributed by atoms with van der Waals surface area (Å²) in [5.74, 6) is -0.566. The van der Waals surface area contributed by atoms with Crippen molar-refractivity contribution >= 4 is 11.7 Å². The minimum atomic E-state index is -0.834. The van der Waals surface area contributed by atoms with E-state index in [2.05, 4.69) is 10.2 Å². The number of piperazine rings is 1. The molecule has 0 N–H and O–H groups in total. The Hall–Kier alpha value is -3.49. The molecule has 0 saturated carbocycles. The molecule has 0 spiro atoms. The number of rotatable bonds is 5. The predicted molar refractivity (Wildman–Crippen MR) is 100 cm³/mol. The first-order valence-corrected chi connectivity index (χ1v) is 9.08. The van der Waals surface area contributed by atoms with Gasteiger partial charge in [-0.2, -0.15) is 0 Å². The maximum Gasteiger partial charge on any atom is 0.260 e. The van der Waals surface area contributed by atoms with Crippen molar-refractivity contribution < 1.29 is 22.7 Å². The summed E-state index contributed by atoms with van der Waals surface area (Å²) in [7, 11) is 0. The number of hydrogen-bond donors (Lipinski definition) is 0. The second-order valence-corrected chi connectivity index (χ2v) is 6.49. The van der Waals surface area contributed by atoms with E-state index in [0.717, 1.165) is 18.0 Å². The molecule has 3 aromatic rings. The van der Waals surface area contributed by atoms with Crippen LogP contribution in [0.4, 0.5) is 14.6 Å². The van der Waals surface area contributed by atoms with Crippen LogP contribution in [0.15, 0.2) is 53.1 Å². The predicted octanol–water partition coefficient (Wildman–Crippen LogP) is 2.74. The third-order valence-electron chi connectivity index (χ3n) is 4.63. The van der Waals surface area contributed by atoms with E-state index in [-0.39, 0.29) is 18.3 Å². The van der Waals surface area contributed by atoms with Gasteiger partial charge in [0.1, 0.15) is 11.5 Å². The average molecular weight is 400 g/mol. The first-order valence-electron chi connectivity index (χ1n) is 9.08. The Morgan fingerprint density at radius 1 is 1.07 bits per heavy atom. The number of benzene rings is 1. The van der Waals surface area contributed by atoms with E-state index in [9.17, 15) is 13.6 Å². The van der Waals surface area contributed by atoms with Crippen LogP contribution in [0.2, 0.25) is 0 Å². The third kappa shape index (κ3) is 4.34. The Bertz CT molecular complexity index is 972. The zero-order valence-electron chi connectivity index (χ0n) is 15.4.